The van der Waals surface area contributed by atoms with E-state index in [0.29, 0.717) is 11.6 Å². The molecule has 0 spiro atoms. The number of hydrogen-bond acceptors (Lipinski definition) is 5. The Balaban J connectivity index is 1.71. The molecule has 0 aromatic carbocycles. The van der Waals surface area contributed by atoms with Gasteiger partial charge in [-0.25, -0.2) is 14.8 Å². The summed E-state index contributed by atoms with van der Waals surface area (Å²) in [7, 11) is 1.56. The zero-order valence-electron chi connectivity index (χ0n) is 12.4. The van der Waals surface area contributed by atoms with E-state index in [1.807, 2.05) is 10.3 Å². The van der Waals surface area contributed by atoms with Crippen LogP contribution >= 0.6 is 11.3 Å². The van der Waals surface area contributed by atoms with Crippen molar-refractivity contribution >= 4 is 23.1 Å². The van der Waals surface area contributed by atoms with E-state index in [2.05, 4.69) is 15.3 Å². The van der Waals surface area contributed by atoms with E-state index in [1.165, 1.54) is 0 Å². The number of urea groups is 1. The number of ether oxygens (including phenoxy) is 1. The van der Waals surface area contributed by atoms with Gasteiger partial charge in [-0.3, -0.25) is 0 Å². The van der Waals surface area contributed by atoms with Gasteiger partial charge in [0.05, 0.1) is 25.0 Å². The van der Waals surface area contributed by atoms with Crippen molar-refractivity contribution in [1.82, 2.24) is 14.9 Å². The van der Waals surface area contributed by atoms with Gasteiger partial charge in [-0.15, -0.1) is 11.3 Å². The number of anilines is 1. The summed E-state index contributed by atoms with van der Waals surface area (Å²) >= 11 is 1.60. The van der Waals surface area contributed by atoms with Crippen LogP contribution < -0.4 is 10.1 Å². The van der Waals surface area contributed by atoms with Crippen LogP contribution in [0.15, 0.2) is 29.9 Å². The molecule has 1 N–H and O–H groups in total. The van der Waals surface area contributed by atoms with Crippen LogP contribution in [0.25, 0.3) is 0 Å². The van der Waals surface area contributed by atoms with Crippen LogP contribution in [0.2, 0.25) is 0 Å². The maximum Gasteiger partial charge on any atom is 0.322 e. The Morgan fingerprint density at radius 3 is 3.00 bits per heavy atom. The summed E-state index contributed by atoms with van der Waals surface area (Å²) in [5, 5.41) is 5.85. The van der Waals surface area contributed by atoms with E-state index < -0.39 is 0 Å². The van der Waals surface area contributed by atoms with Crippen LogP contribution in [0.4, 0.5) is 10.5 Å². The highest BCUT2D eigenvalue weighted by atomic mass is 32.1. The minimum absolute atomic E-state index is 0.0694. The van der Waals surface area contributed by atoms with Crippen molar-refractivity contribution in [1.29, 1.82) is 0 Å². The number of hydrogen-bond donors (Lipinski definition) is 1. The number of nitrogens with zero attached hydrogens (tertiary/aromatic N) is 3. The fraction of sp³-hybridized carbons (Fsp3) is 0.400. The molecule has 22 heavy (non-hydrogen) atoms. The number of carbonyl (C=O) groups excluding carboxylic acids is 1. The zero-order valence-corrected chi connectivity index (χ0v) is 13.2. The second-order valence-corrected chi connectivity index (χ2v) is 6.02. The number of thiazole rings is 1. The molecule has 1 saturated heterocycles. The SMILES string of the molecule is COc1ccc(NC(=O)N2CCCC[C@H]2c2nccs2)cn1. The number of piperidine rings is 1. The number of methoxy groups -OCH3 is 1. The Hall–Kier alpha value is -2.15. The predicted octanol–water partition coefficient (Wildman–Crippen LogP) is 3.31. The standard InChI is InChI=1S/C15H18N4O2S/c1-21-13-6-5-11(10-17-13)18-15(20)19-8-3-2-4-12(19)14-16-7-9-22-14/h5-7,9-10,12H,2-4,8H2,1H3,(H,18,20)/t12-/m0/s1. The van der Waals surface area contributed by atoms with Crippen LogP contribution in [-0.4, -0.2) is 34.6 Å². The molecule has 0 bridgehead atoms. The zero-order chi connectivity index (χ0) is 15.4. The van der Waals surface area contributed by atoms with Crippen molar-refractivity contribution in [2.45, 2.75) is 25.3 Å². The Bertz CT molecular complexity index is 615. The van der Waals surface area contributed by atoms with Gasteiger partial charge < -0.3 is 15.0 Å². The number of likely N-dealkylation sites (tertiary alicyclic amines) is 1. The number of aromatic nitrogens is 2. The highest BCUT2D eigenvalue weighted by Crippen LogP contribution is 2.32. The van der Waals surface area contributed by atoms with Crippen molar-refractivity contribution < 1.29 is 9.53 Å². The second kappa shape index (κ2) is 6.74. The highest BCUT2D eigenvalue weighted by Gasteiger charge is 2.29. The van der Waals surface area contributed by atoms with E-state index in [0.717, 1.165) is 30.8 Å². The molecule has 116 valence electrons. The molecule has 3 rings (SSSR count). The van der Waals surface area contributed by atoms with E-state index >= 15 is 0 Å². The molecule has 0 aliphatic carbocycles. The molecule has 3 heterocycles. The highest BCUT2D eigenvalue weighted by molar-refractivity contribution is 7.09. The summed E-state index contributed by atoms with van der Waals surface area (Å²) in [5.41, 5.74) is 0.661. The number of amides is 2. The molecule has 0 unspecified atom stereocenters. The summed E-state index contributed by atoms with van der Waals surface area (Å²) in [6, 6.07) is 3.47. The van der Waals surface area contributed by atoms with Gasteiger partial charge in [0.2, 0.25) is 5.88 Å². The molecule has 0 radical (unpaired) electrons. The van der Waals surface area contributed by atoms with Crippen molar-refractivity contribution in [3.63, 3.8) is 0 Å². The molecule has 2 amide bonds. The Morgan fingerprint density at radius 1 is 1.41 bits per heavy atom. The van der Waals surface area contributed by atoms with Gasteiger partial charge in [-0.1, -0.05) is 0 Å². The Labute approximate surface area is 133 Å². The molecule has 2 aromatic rings. The number of nitrogens with one attached hydrogen (secondary N) is 1. The average molecular weight is 318 g/mol. The second-order valence-electron chi connectivity index (χ2n) is 5.09. The summed E-state index contributed by atoms with van der Waals surface area (Å²) in [5.74, 6) is 0.525. The van der Waals surface area contributed by atoms with Crippen molar-refractivity contribution in [2.75, 3.05) is 19.0 Å². The molecular weight excluding hydrogens is 300 g/mol. The smallest absolute Gasteiger partial charge is 0.322 e. The van der Waals surface area contributed by atoms with Crippen LogP contribution in [0, 0.1) is 0 Å². The van der Waals surface area contributed by atoms with E-state index in [4.69, 9.17) is 4.74 Å². The molecule has 0 saturated carbocycles. The van der Waals surface area contributed by atoms with E-state index in [-0.39, 0.29) is 12.1 Å². The molecule has 2 aromatic heterocycles. The Morgan fingerprint density at radius 2 is 2.32 bits per heavy atom. The summed E-state index contributed by atoms with van der Waals surface area (Å²) < 4.78 is 5.02. The van der Waals surface area contributed by atoms with Gasteiger partial charge in [-0.05, 0) is 25.3 Å². The molecule has 1 aliphatic rings. The average Bonchev–Trinajstić information content (AvgIpc) is 3.10. The maximum absolute atomic E-state index is 12.6. The largest absolute Gasteiger partial charge is 0.481 e. The van der Waals surface area contributed by atoms with Crippen molar-refractivity contribution in [2.24, 2.45) is 0 Å². The first-order chi connectivity index (χ1) is 10.8. The monoisotopic (exact) mass is 318 g/mol. The van der Waals surface area contributed by atoms with Crippen LogP contribution in [0.3, 0.4) is 0 Å². The lowest BCUT2D eigenvalue weighted by molar-refractivity contribution is 0.163. The number of carbonyl (C=O) groups is 1. The van der Waals surface area contributed by atoms with E-state index in [1.54, 1.807) is 43.0 Å². The minimum atomic E-state index is -0.105. The van der Waals surface area contributed by atoms with Crippen molar-refractivity contribution in [3.8, 4) is 5.88 Å². The van der Waals surface area contributed by atoms with Gasteiger partial charge >= 0.3 is 6.03 Å². The molecular formula is C15H18N4O2S. The lowest BCUT2D eigenvalue weighted by atomic mass is 10.0. The summed E-state index contributed by atoms with van der Waals surface area (Å²) in [6.45, 7) is 0.750. The van der Waals surface area contributed by atoms with E-state index in [9.17, 15) is 4.79 Å². The third kappa shape index (κ3) is 3.19. The number of pyridine rings is 1. The first-order valence-electron chi connectivity index (χ1n) is 7.25. The summed E-state index contributed by atoms with van der Waals surface area (Å²) in [4.78, 5) is 22.9. The molecule has 7 heteroatoms. The first-order valence-corrected chi connectivity index (χ1v) is 8.13. The van der Waals surface area contributed by atoms with Crippen LogP contribution in [0.1, 0.15) is 30.3 Å². The molecule has 1 atom stereocenters. The molecule has 6 nitrogen and oxygen atoms in total. The van der Waals surface area contributed by atoms with Gasteiger partial charge in [0.15, 0.2) is 0 Å². The van der Waals surface area contributed by atoms with Gasteiger partial charge in [0, 0.05) is 24.2 Å². The first kappa shape index (κ1) is 14.8. The maximum atomic E-state index is 12.6. The van der Waals surface area contributed by atoms with Crippen LogP contribution in [0.5, 0.6) is 5.88 Å². The molecule has 1 aliphatic heterocycles. The lowest BCUT2D eigenvalue weighted by Gasteiger charge is -2.34. The fourth-order valence-electron chi connectivity index (χ4n) is 2.60. The van der Waals surface area contributed by atoms with Crippen LogP contribution in [-0.2, 0) is 0 Å². The summed E-state index contributed by atoms with van der Waals surface area (Å²) in [6.07, 6.45) is 6.49. The fourth-order valence-corrected chi connectivity index (χ4v) is 3.39. The lowest BCUT2D eigenvalue weighted by Crippen LogP contribution is -2.41. The third-order valence-corrected chi connectivity index (χ3v) is 4.57. The number of rotatable bonds is 3. The van der Waals surface area contributed by atoms with Gasteiger partial charge in [-0.2, -0.15) is 0 Å². The third-order valence-electron chi connectivity index (χ3n) is 3.70. The Kier molecular flexibility index (Phi) is 4.53. The van der Waals surface area contributed by atoms with Crippen molar-refractivity contribution in [3.05, 3.63) is 34.9 Å². The quantitative estimate of drug-likeness (QED) is 0.943. The minimum Gasteiger partial charge on any atom is -0.481 e. The van der Waals surface area contributed by atoms with Gasteiger partial charge in [0.1, 0.15) is 5.01 Å². The molecule has 1 fully saturated rings. The predicted molar refractivity (Wildman–Crippen MR) is 85.2 cm³/mol. The van der Waals surface area contributed by atoms with Gasteiger partial charge in [0.25, 0.3) is 0 Å². The normalized spacial score (nSPS) is 18.0. The topological polar surface area (TPSA) is 67.3 Å².